The van der Waals surface area contributed by atoms with Crippen LogP contribution in [0.15, 0.2) is 6.08 Å². The summed E-state index contributed by atoms with van der Waals surface area (Å²) in [6, 6.07) is 0. The van der Waals surface area contributed by atoms with Gasteiger partial charge in [-0.2, -0.15) is 8.78 Å². The van der Waals surface area contributed by atoms with Gasteiger partial charge in [-0.15, -0.1) is 0 Å². The Morgan fingerprint density at radius 3 is 2.13 bits per heavy atom. The van der Waals surface area contributed by atoms with Crippen molar-refractivity contribution in [3.8, 4) is 5.75 Å². The lowest BCUT2D eigenvalue weighted by Gasteiger charge is -2.25. The van der Waals surface area contributed by atoms with E-state index in [9.17, 15) is 17.6 Å². The smallest absolute Gasteiger partial charge is 0.204 e. The molecule has 1 aliphatic rings. The van der Waals surface area contributed by atoms with Gasteiger partial charge in [0.05, 0.1) is 24.9 Å². The molecule has 1 aliphatic heterocycles. The number of benzene rings is 1. The highest BCUT2D eigenvalue weighted by Crippen LogP contribution is 2.31. The van der Waals surface area contributed by atoms with Crippen LogP contribution in [0, 0.1) is 23.3 Å². The molecule has 7 heteroatoms. The predicted octanol–water partition coefficient (Wildman–Crippen LogP) is 3.38. The van der Waals surface area contributed by atoms with Crippen LogP contribution in [0.4, 0.5) is 17.6 Å². The van der Waals surface area contributed by atoms with Crippen LogP contribution >= 0.6 is 0 Å². The van der Waals surface area contributed by atoms with Gasteiger partial charge in [-0.25, -0.2) is 8.78 Å². The molecule has 0 N–H and O–H groups in total. The van der Waals surface area contributed by atoms with Crippen LogP contribution in [0.2, 0.25) is 0 Å². The summed E-state index contributed by atoms with van der Waals surface area (Å²) in [4.78, 5) is 2.00. The summed E-state index contributed by atoms with van der Waals surface area (Å²) in [5.41, 5.74) is -0.746. The molecule has 1 aromatic carbocycles. The van der Waals surface area contributed by atoms with Gasteiger partial charge >= 0.3 is 0 Å². The summed E-state index contributed by atoms with van der Waals surface area (Å²) < 4.78 is 65.7. The van der Waals surface area contributed by atoms with E-state index in [4.69, 9.17) is 9.47 Å². The summed E-state index contributed by atoms with van der Waals surface area (Å²) in [7, 11) is 0. The zero-order valence-electron chi connectivity index (χ0n) is 13.0. The van der Waals surface area contributed by atoms with Crippen LogP contribution in [0.3, 0.4) is 0 Å². The fourth-order valence-electron chi connectivity index (χ4n) is 2.22. The lowest BCUT2D eigenvalue weighted by Crippen LogP contribution is -2.36. The van der Waals surface area contributed by atoms with Crippen molar-refractivity contribution in [2.24, 2.45) is 0 Å². The van der Waals surface area contributed by atoms with Crippen molar-refractivity contribution in [3.63, 3.8) is 0 Å². The summed E-state index contributed by atoms with van der Waals surface area (Å²) in [5.74, 6) is -7.00. The van der Waals surface area contributed by atoms with Gasteiger partial charge in [0.15, 0.2) is 17.4 Å². The van der Waals surface area contributed by atoms with Gasteiger partial charge in [-0.05, 0) is 13.8 Å². The van der Waals surface area contributed by atoms with Gasteiger partial charge in [0.25, 0.3) is 0 Å². The molecule has 1 aromatic rings. The van der Waals surface area contributed by atoms with E-state index in [-0.39, 0.29) is 0 Å². The third kappa shape index (κ3) is 4.23. The van der Waals surface area contributed by atoms with E-state index < -0.39 is 40.7 Å². The quantitative estimate of drug-likeness (QED) is 0.609. The fourth-order valence-corrected chi connectivity index (χ4v) is 2.22. The topological polar surface area (TPSA) is 21.7 Å². The summed E-state index contributed by atoms with van der Waals surface area (Å²) >= 11 is 0. The van der Waals surface area contributed by atoms with Gasteiger partial charge in [0.1, 0.15) is 0 Å². The van der Waals surface area contributed by atoms with Gasteiger partial charge in [0, 0.05) is 19.6 Å². The highest BCUT2D eigenvalue weighted by atomic mass is 19.2. The normalized spacial score (nSPS) is 16.5. The van der Waals surface area contributed by atoms with Crippen molar-refractivity contribution < 1.29 is 27.0 Å². The first kappa shape index (κ1) is 17.7. The minimum absolute atomic E-state index is 0.412. The molecular formula is C16H19F4NO2. The molecule has 0 unspecified atom stereocenters. The second-order valence-corrected chi connectivity index (χ2v) is 5.48. The molecule has 23 heavy (non-hydrogen) atoms. The molecule has 0 saturated carbocycles. The molecule has 128 valence electrons. The van der Waals surface area contributed by atoms with Crippen molar-refractivity contribution in [3.05, 3.63) is 34.9 Å². The lowest BCUT2D eigenvalue weighted by atomic mass is 10.1. The number of ether oxygens (including phenoxy) is 2. The van der Waals surface area contributed by atoms with Gasteiger partial charge in [-0.1, -0.05) is 12.2 Å². The van der Waals surface area contributed by atoms with Gasteiger partial charge in [0.2, 0.25) is 11.6 Å². The monoisotopic (exact) mass is 333 g/mol. The number of hydrogen-bond donors (Lipinski definition) is 0. The van der Waals surface area contributed by atoms with E-state index in [1.807, 2.05) is 4.90 Å². The molecule has 0 aliphatic carbocycles. The molecule has 1 fully saturated rings. The molecule has 2 rings (SSSR count). The van der Waals surface area contributed by atoms with Crippen molar-refractivity contribution in [2.75, 3.05) is 32.8 Å². The number of hydrogen-bond acceptors (Lipinski definition) is 3. The molecule has 0 radical (unpaired) electrons. The standard InChI is InChI=1S/C16H19F4NO2/c1-10(2)23-16-14(19)12(17)11(13(18)15(16)20)4-3-5-21-6-8-22-9-7-21/h3-4,10H,5-9H2,1-2H3. The molecule has 0 atom stereocenters. The number of nitrogens with zero attached hydrogens (tertiary/aromatic N) is 1. The van der Waals surface area contributed by atoms with Crippen molar-refractivity contribution >= 4 is 6.08 Å². The van der Waals surface area contributed by atoms with Crippen molar-refractivity contribution in [1.29, 1.82) is 0 Å². The molecule has 0 aromatic heterocycles. The average Bonchev–Trinajstić information content (AvgIpc) is 2.54. The summed E-state index contributed by atoms with van der Waals surface area (Å²) in [6.45, 7) is 5.98. The Kier molecular flexibility index (Phi) is 6.01. The minimum atomic E-state index is -1.52. The van der Waals surface area contributed by atoms with Crippen LogP contribution < -0.4 is 4.74 Å². The van der Waals surface area contributed by atoms with Crippen LogP contribution in [-0.2, 0) is 4.74 Å². The molecule has 0 amide bonds. The third-order valence-electron chi connectivity index (χ3n) is 3.36. The first-order valence-corrected chi connectivity index (χ1v) is 7.41. The van der Waals surface area contributed by atoms with Crippen LogP contribution in [0.25, 0.3) is 6.08 Å². The largest absolute Gasteiger partial charge is 0.485 e. The van der Waals surface area contributed by atoms with E-state index in [0.29, 0.717) is 32.8 Å². The molecule has 1 heterocycles. The molecule has 0 spiro atoms. The second kappa shape index (κ2) is 7.79. The van der Waals surface area contributed by atoms with Crippen LogP contribution in [-0.4, -0.2) is 43.9 Å². The maximum absolute atomic E-state index is 14.0. The number of rotatable bonds is 5. The highest BCUT2D eigenvalue weighted by Gasteiger charge is 2.26. The van der Waals surface area contributed by atoms with Crippen molar-refractivity contribution in [2.45, 2.75) is 20.0 Å². The zero-order chi connectivity index (χ0) is 17.0. The van der Waals surface area contributed by atoms with E-state index in [0.717, 1.165) is 6.08 Å². The Balaban J connectivity index is 2.21. The Morgan fingerprint density at radius 2 is 1.61 bits per heavy atom. The van der Waals surface area contributed by atoms with Gasteiger partial charge < -0.3 is 9.47 Å². The van der Waals surface area contributed by atoms with Crippen LogP contribution in [0.1, 0.15) is 19.4 Å². The summed E-state index contributed by atoms with van der Waals surface area (Å²) in [5, 5.41) is 0. The van der Waals surface area contributed by atoms with E-state index in [1.54, 1.807) is 0 Å². The second-order valence-electron chi connectivity index (χ2n) is 5.48. The summed E-state index contributed by atoms with van der Waals surface area (Å²) in [6.07, 6.45) is 1.90. The fraction of sp³-hybridized carbons (Fsp3) is 0.500. The third-order valence-corrected chi connectivity index (χ3v) is 3.36. The average molecular weight is 333 g/mol. The molecule has 0 bridgehead atoms. The van der Waals surface area contributed by atoms with Crippen LogP contribution in [0.5, 0.6) is 5.75 Å². The van der Waals surface area contributed by atoms with E-state index in [1.165, 1.54) is 19.9 Å². The molecule has 1 saturated heterocycles. The first-order chi connectivity index (χ1) is 10.9. The molecule has 3 nitrogen and oxygen atoms in total. The predicted molar refractivity (Wildman–Crippen MR) is 78.3 cm³/mol. The van der Waals surface area contributed by atoms with Gasteiger partial charge in [-0.3, -0.25) is 4.90 Å². The minimum Gasteiger partial charge on any atom is -0.485 e. The maximum atomic E-state index is 14.0. The zero-order valence-corrected chi connectivity index (χ0v) is 13.0. The first-order valence-electron chi connectivity index (χ1n) is 7.41. The number of halogens is 4. The highest BCUT2D eigenvalue weighted by molar-refractivity contribution is 5.54. The number of morpholine rings is 1. The van der Waals surface area contributed by atoms with E-state index in [2.05, 4.69) is 0 Å². The van der Waals surface area contributed by atoms with E-state index >= 15 is 0 Å². The Bertz CT molecular complexity index is 555. The molecular weight excluding hydrogens is 314 g/mol. The Labute approximate surface area is 132 Å². The lowest BCUT2D eigenvalue weighted by molar-refractivity contribution is 0.0435. The Hall–Kier alpha value is -1.60. The maximum Gasteiger partial charge on any atom is 0.204 e. The SMILES string of the molecule is CC(C)Oc1c(F)c(F)c(C=CCN2CCOCC2)c(F)c1F. The Morgan fingerprint density at radius 1 is 1.04 bits per heavy atom. The van der Waals surface area contributed by atoms with Crippen molar-refractivity contribution in [1.82, 2.24) is 4.90 Å².